The van der Waals surface area contributed by atoms with Gasteiger partial charge in [-0.2, -0.15) is 5.10 Å². The van der Waals surface area contributed by atoms with Crippen LogP contribution < -0.4 is 9.47 Å². The van der Waals surface area contributed by atoms with E-state index in [9.17, 15) is 4.79 Å². The number of amides is 1. The van der Waals surface area contributed by atoms with Gasteiger partial charge in [-0.05, 0) is 62.6 Å². The van der Waals surface area contributed by atoms with Gasteiger partial charge in [0.05, 0.1) is 32.5 Å². The first-order valence-electron chi connectivity index (χ1n) is 10.6. The predicted octanol–water partition coefficient (Wildman–Crippen LogP) is 4.54. The summed E-state index contributed by atoms with van der Waals surface area (Å²) in [5, 5.41) is 4.54. The molecule has 2 aromatic carbocycles. The molecule has 0 spiro atoms. The Morgan fingerprint density at radius 2 is 1.94 bits per heavy atom. The third-order valence-electron chi connectivity index (χ3n) is 5.92. The average molecular weight is 420 g/mol. The summed E-state index contributed by atoms with van der Waals surface area (Å²) in [5.74, 6) is 1.55. The van der Waals surface area contributed by atoms with Crippen molar-refractivity contribution in [2.75, 3.05) is 20.8 Å². The minimum atomic E-state index is -0.00646. The van der Waals surface area contributed by atoms with Gasteiger partial charge in [0.2, 0.25) is 0 Å². The second kappa shape index (κ2) is 8.84. The van der Waals surface area contributed by atoms with E-state index in [1.54, 1.807) is 14.2 Å². The predicted molar refractivity (Wildman–Crippen MR) is 120 cm³/mol. The summed E-state index contributed by atoms with van der Waals surface area (Å²) in [4.78, 5) is 15.4. The van der Waals surface area contributed by atoms with Crippen LogP contribution in [0.15, 0.2) is 48.5 Å². The van der Waals surface area contributed by atoms with Gasteiger partial charge in [0.1, 0.15) is 11.5 Å². The highest BCUT2D eigenvalue weighted by Gasteiger charge is 2.32. The molecule has 31 heavy (non-hydrogen) atoms. The molecule has 6 heteroatoms. The van der Waals surface area contributed by atoms with Crippen LogP contribution in [0.4, 0.5) is 0 Å². The molecule has 0 saturated carbocycles. The zero-order valence-corrected chi connectivity index (χ0v) is 18.6. The lowest BCUT2D eigenvalue weighted by Gasteiger charge is -2.27. The molecule has 1 atom stereocenters. The van der Waals surface area contributed by atoms with Gasteiger partial charge in [0.15, 0.2) is 0 Å². The highest BCUT2D eigenvalue weighted by molar-refractivity contribution is 5.95. The summed E-state index contributed by atoms with van der Waals surface area (Å²) in [6.07, 6.45) is 1.89. The number of hydrogen-bond donors (Lipinski definition) is 0. The number of methoxy groups -OCH3 is 2. The highest BCUT2D eigenvalue weighted by atomic mass is 16.5. The van der Waals surface area contributed by atoms with Crippen molar-refractivity contribution in [2.45, 2.75) is 39.3 Å². The number of likely N-dealkylation sites (tertiary alicyclic amines) is 1. The van der Waals surface area contributed by atoms with Crippen molar-refractivity contribution in [1.29, 1.82) is 0 Å². The van der Waals surface area contributed by atoms with Gasteiger partial charge in [-0.25, -0.2) is 0 Å². The van der Waals surface area contributed by atoms with E-state index in [-0.39, 0.29) is 11.9 Å². The molecule has 6 nitrogen and oxygen atoms in total. The van der Waals surface area contributed by atoms with Crippen LogP contribution in [0.2, 0.25) is 0 Å². The zero-order valence-electron chi connectivity index (χ0n) is 18.6. The van der Waals surface area contributed by atoms with Crippen LogP contribution in [-0.4, -0.2) is 41.4 Å². The Labute approximate surface area is 183 Å². The maximum atomic E-state index is 13.5. The summed E-state index contributed by atoms with van der Waals surface area (Å²) in [5.41, 5.74) is 4.90. The smallest absolute Gasteiger partial charge is 0.254 e. The molecule has 0 aliphatic carbocycles. The molecular formula is C25H29N3O3. The lowest BCUT2D eigenvalue weighted by molar-refractivity contribution is 0.0734. The van der Waals surface area contributed by atoms with E-state index in [1.807, 2.05) is 65.9 Å². The summed E-state index contributed by atoms with van der Waals surface area (Å²) >= 11 is 0. The minimum absolute atomic E-state index is 0.00646. The molecule has 4 rings (SSSR count). The number of nitrogens with zero attached hydrogens (tertiary/aromatic N) is 3. The van der Waals surface area contributed by atoms with E-state index >= 15 is 0 Å². The van der Waals surface area contributed by atoms with E-state index < -0.39 is 0 Å². The number of carbonyl (C=O) groups excluding carboxylic acids is 1. The first kappa shape index (κ1) is 21.0. The molecule has 1 aliphatic heterocycles. The maximum Gasteiger partial charge on any atom is 0.254 e. The fraction of sp³-hybridized carbons (Fsp3) is 0.360. The monoisotopic (exact) mass is 419 g/mol. The van der Waals surface area contributed by atoms with Crippen molar-refractivity contribution < 1.29 is 14.3 Å². The Morgan fingerprint density at radius 1 is 1.10 bits per heavy atom. The van der Waals surface area contributed by atoms with Crippen LogP contribution in [0.3, 0.4) is 0 Å². The number of rotatable bonds is 6. The summed E-state index contributed by atoms with van der Waals surface area (Å²) in [6, 6.07) is 15.7. The van der Waals surface area contributed by atoms with Gasteiger partial charge in [0, 0.05) is 29.4 Å². The van der Waals surface area contributed by atoms with Crippen molar-refractivity contribution in [3.8, 4) is 11.5 Å². The number of hydrogen-bond acceptors (Lipinski definition) is 4. The van der Waals surface area contributed by atoms with Gasteiger partial charge < -0.3 is 14.4 Å². The standard InChI is InChI=1S/C25H29N3O3/c1-17-13-18(2)28(26-17)16-19-7-5-8-20(14-19)25(29)27-12-6-9-23(27)22-11-10-21(30-3)15-24(22)31-4/h5,7-8,10-11,13-15,23H,6,9,12,16H2,1-4H3/t23-/m1/s1. The van der Waals surface area contributed by atoms with Crippen LogP contribution in [-0.2, 0) is 6.54 Å². The van der Waals surface area contributed by atoms with Crippen molar-refractivity contribution in [2.24, 2.45) is 0 Å². The third-order valence-corrected chi connectivity index (χ3v) is 5.92. The Hall–Kier alpha value is -3.28. The van der Waals surface area contributed by atoms with E-state index in [0.717, 1.165) is 53.4 Å². The fourth-order valence-electron chi connectivity index (χ4n) is 4.40. The average Bonchev–Trinajstić information content (AvgIpc) is 3.39. The lowest BCUT2D eigenvalue weighted by atomic mass is 10.0. The lowest BCUT2D eigenvalue weighted by Crippen LogP contribution is -2.30. The number of ether oxygens (including phenoxy) is 2. The Balaban J connectivity index is 1.58. The third kappa shape index (κ3) is 4.29. The normalized spacial score (nSPS) is 15.9. The maximum absolute atomic E-state index is 13.5. The van der Waals surface area contributed by atoms with E-state index in [1.165, 1.54) is 0 Å². The molecule has 1 fully saturated rings. The molecule has 3 aromatic rings. The quantitative estimate of drug-likeness (QED) is 0.589. The fourth-order valence-corrected chi connectivity index (χ4v) is 4.40. The molecule has 1 aromatic heterocycles. The molecular weight excluding hydrogens is 390 g/mol. The van der Waals surface area contributed by atoms with E-state index in [0.29, 0.717) is 12.1 Å². The van der Waals surface area contributed by atoms with Gasteiger partial charge in [0.25, 0.3) is 5.91 Å². The first-order valence-corrected chi connectivity index (χ1v) is 10.6. The van der Waals surface area contributed by atoms with Gasteiger partial charge in [-0.3, -0.25) is 9.48 Å². The molecule has 0 radical (unpaired) electrons. The molecule has 1 aliphatic rings. The molecule has 0 bridgehead atoms. The SMILES string of the molecule is COc1ccc([C@H]2CCCN2C(=O)c2cccc(Cn3nc(C)cc3C)c2)c(OC)c1. The second-order valence-electron chi connectivity index (χ2n) is 8.05. The largest absolute Gasteiger partial charge is 0.497 e. The van der Waals surface area contributed by atoms with Crippen molar-refractivity contribution in [3.63, 3.8) is 0 Å². The van der Waals surface area contributed by atoms with Gasteiger partial charge in [-0.1, -0.05) is 12.1 Å². The highest BCUT2D eigenvalue weighted by Crippen LogP contribution is 2.39. The molecule has 0 N–H and O–H groups in total. The Bertz CT molecular complexity index is 1090. The van der Waals surface area contributed by atoms with Crippen LogP contribution in [0, 0.1) is 13.8 Å². The summed E-state index contributed by atoms with van der Waals surface area (Å²) < 4.78 is 12.9. The summed E-state index contributed by atoms with van der Waals surface area (Å²) in [7, 11) is 3.29. The van der Waals surface area contributed by atoms with Crippen LogP contribution in [0.1, 0.15) is 51.8 Å². The van der Waals surface area contributed by atoms with E-state index in [2.05, 4.69) is 11.2 Å². The number of carbonyl (C=O) groups is 1. The van der Waals surface area contributed by atoms with Crippen molar-refractivity contribution >= 4 is 5.91 Å². The van der Waals surface area contributed by atoms with E-state index in [4.69, 9.17) is 9.47 Å². The second-order valence-corrected chi connectivity index (χ2v) is 8.05. The van der Waals surface area contributed by atoms with Gasteiger partial charge >= 0.3 is 0 Å². The Morgan fingerprint density at radius 3 is 2.65 bits per heavy atom. The van der Waals surface area contributed by atoms with Crippen LogP contribution >= 0.6 is 0 Å². The molecule has 1 amide bonds. The van der Waals surface area contributed by atoms with Crippen LogP contribution in [0.25, 0.3) is 0 Å². The zero-order chi connectivity index (χ0) is 22.0. The number of aromatic nitrogens is 2. The molecule has 0 unspecified atom stereocenters. The van der Waals surface area contributed by atoms with Gasteiger partial charge in [-0.15, -0.1) is 0 Å². The molecule has 162 valence electrons. The Kier molecular flexibility index (Phi) is 5.98. The first-order chi connectivity index (χ1) is 15.0. The topological polar surface area (TPSA) is 56.6 Å². The number of benzene rings is 2. The molecule has 1 saturated heterocycles. The minimum Gasteiger partial charge on any atom is -0.497 e. The molecule has 2 heterocycles. The summed E-state index contributed by atoms with van der Waals surface area (Å²) in [6.45, 7) is 5.42. The number of aryl methyl sites for hydroxylation is 2. The van der Waals surface area contributed by atoms with Crippen molar-refractivity contribution in [1.82, 2.24) is 14.7 Å². The van der Waals surface area contributed by atoms with Crippen molar-refractivity contribution in [3.05, 3.63) is 76.6 Å². The van der Waals surface area contributed by atoms with Crippen LogP contribution in [0.5, 0.6) is 11.5 Å².